The Morgan fingerprint density at radius 2 is 1.65 bits per heavy atom. The van der Waals surface area contributed by atoms with Gasteiger partial charge in [-0.1, -0.05) is 18.2 Å². The van der Waals surface area contributed by atoms with Gasteiger partial charge in [-0.25, -0.2) is 0 Å². The Balaban J connectivity index is 2.02. The number of alkyl halides is 3. The molecule has 0 N–H and O–H groups in total. The standard InChI is InChI=1S/C12H11F3O2/c13-12(14,15)10-4-1-9(2-5-10)3-6-11-16-7-8-17-11/h1-6,11H,7-8H2/b6-3+. The Kier molecular flexibility index (Phi) is 3.49. The highest BCUT2D eigenvalue weighted by Gasteiger charge is 2.29. The van der Waals surface area contributed by atoms with Crippen molar-refractivity contribution in [3.63, 3.8) is 0 Å². The third-order valence-electron chi connectivity index (χ3n) is 2.33. The molecule has 0 aromatic heterocycles. The Bertz CT molecular complexity index is 389. The lowest BCUT2D eigenvalue weighted by molar-refractivity contribution is -0.137. The molecule has 1 aromatic carbocycles. The molecule has 1 fully saturated rings. The molecular formula is C12H11F3O2. The lowest BCUT2D eigenvalue weighted by Crippen LogP contribution is -2.04. The van der Waals surface area contributed by atoms with Gasteiger partial charge in [0.15, 0.2) is 6.29 Å². The lowest BCUT2D eigenvalue weighted by atomic mass is 10.1. The highest BCUT2D eigenvalue weighted by atomic mass is 19.4. The number of benzene rings is 1. The molecule has 0 spiro atoms. The Morgan fingerprint density at radius 1 is 1.06 bits per heavy atom. The smallest absolute Gasteiger partial charge is 0.347 e. The molecule has 0 atom stereocenters. The minimum Gasteiger partial charge on any atom is -0.347 e. The Hall–Kier alpha value is -1.33. The van der Waals surface area contributed by atoms with Crippen LogP contribution in [0.4, 0.5) is 13.2 Å². The zero-order valence-electron chi connectivity index (χ0n) is 8.91. The fourth-order valence-electron chi connectivity index (χ4n) is 1.46. The number of ether oxygens (including phenoxy) is 2. The van der Waals surface area contributed by atoms with Gasteiger partial charge < -0.3 is 9.47 Å². The molecule has 0 amide bonds. The summed E-state index contributed by atoms with van der Waals surface area (Å²) in [7, 11) is 0. The maximum Gasteiger partial charge on any atom is 0.416 e. The molecule has 1 heterocycles. The van der Waals surface area contributed by atoms with E-state index in [0.29, 0.717) is 18.8 Å². The molecule has 0 radical (unpaired) electrons. The molecular weight excluding hydrogens is 233 g/mol. The van der Waals surface area contributed by atoms with Crippen LogP contribution in [0.2, 0.25) is 0 Å². The van der Waals surface area contributed by atoms with Gasteiger partial charge in [-0.05, 0) is 23.8 Å². The maximum atomic E-state index is 12.3. The number of halogens is 3. The molecule has 0 saturated carbocycles. The number of hydrogen-bond acceptors (Lipinski definition) is 2. The number of hydrogen-bond donors (Lipinski definition) is 0. The van der Waals surface area contributed by atoms with Crippen LogP contribution in [0.1, 0.15) is 11.1 Å². The first-order valence-electron chi connectivity index (χ1n) is 5.14. The van der Waals surface area contributed by atoms with Gasteiger partial charge in [0.25, 0.3) is 0 Å². The lowest BCUT2D eigenvalue weighted by Gasteiger charge is -2.06. The van der Waals surface area contributed by atoms with E-state index in [2.05, 4.69) is 0 Å². The molecule has 0 bridgehead atoms. The van der Waals surface area contributed by atoms with Crippen molar-refractivity contribution in [2.75, 3.05) is 13.2 Å². The molecule has 1 aliphatic heterocycles. The molecule has 17 heavy (non-hydrogen) atoms. The largest absolute Gasteiger partial charge is 0.416 e. The van der Waals surface area contributed by atoms with Crippen LogP contribution in [-0.2, 0) is 15.7 Å². The van der Waals surface area contributed by atoms with Crippen molar-refractivity contribution in [2.45, 2.75) is 12.5 Å². The second-order valence-electron chi connectivity index (χ2n) is 3.59. The average Bonchev–Trinajstić information content (AvgIpc) is 2.78. The van der Waals surface area contributed by atoms with Crippen molar-refractivity contribution >= 4 is 6.08 Å². The number of rotatable bonds is 2. The van der Waals surface area contributed by atoms with Gasteiger partial charge in [0, 0.05) is 0 Å². The van der Waals surface area contributed by atoms with Crippen molar-refractivity contribution in [1.82, 2.24) is 0 Å². The van der Waals surface area contributed by atoms with E-state index in [1.54, 1.807) is 12.2 Å². The van der Waals surface area contributed by atoms with Crippen molar-refractivity contribution in [1.29, 1.82) is 0 Å². The predicted molar refractivity (Wildman–Crippen MR) is 56.2 cm³/mol. The molecule has 1 saturated heterocycles. The normalized spacial score (nSPS) is 18.1. The van der Waals surface area contributed by atoms with Crippen LogP contribution >= 0.6 is 0 Å². The van der Waals surface area contributed by atoms with Crippen LogP contribution in [0.3, 0.4) is 0 Å². The maximum absolute atomic E-state index is 12.3. The first-order chi connectivity index (χ1) is 8.05. The van der Waals surface area contributed by atoms with Crippen molar-refractivity contribution < 1.29 is 22.6 Å². The quantitative estimate of drug-likeness (QED) is 0.795. The summed E-state index contributed by atoms with van der Waals surface area (Å²) in [5.41, 5.74) is 0.0279. The summed E-state index contributed by atoms with van der Waals surface area (Å²) in [4.78, 5) is 0. The topological polar surface area (TPSA) is 18.5 Å². The summed E-state index contributed by atoms with van der Waals surface area (Å²) in [6.45, 7) is 1.09. The molecule has 1 aliphatic rings. The summed E-state index contributed by atoms with van der Waals surface area (Å²) >= 11 is 0. The zero-order valence-corrected chi connectivity index (χ0v) is 8.91. The van der Waals surface area contributed by atoms with E-state index in [1.165, 1.54) is 12.1 Å². The van der Waals surface area contributed by atoms with Crippen LogP contribution in [0.25, 0.3) is 6.08 Å². The fourth-order valence-corrected chi connectivity index (χ4v) is 1.46. The highest BCUT2D eigenvalue weighted by Crippen LogP contribution is 2.29. The molecule has 0 aliphatic carbocycles. The predicted octanol–water partition coefficient (Wildman–Crippen LogP) is 3.09. The van der Waals surface area contributed by atoms with Gasteiger partial charge in [-0.3, -0.25) is 0 Å². The summed E-state index contributed by atoms with van der Waals surface area (Å²) in [6.07, 6.45) is -1.33. The highest BCUT2D eigenvalue weighted by molar-refractivity contribution is 5.50. The SMILES string of the molecule is FC(F)(F)c1ccc(/C=C/C2OCCO2)cc1. The van der Waals surface area contributed by atoms with Crippen molar-refractivity contribution in [3.8, 4) is 0 Å². The fraction of sp³-hybridized carbons (Fsp3) is 0.333. The van der Waals surface area contributed by atoms with Crippen LogP contribution < -0.4 is 0 Å². The van der Waals surface area contributed by atoms with E-state index in [0.717, 1.165) is 12.1 Å². The van der Waals surface area contributed by atoms with Crippen LogP contribution in [-0.4, -0.2) is 19.5 Å². The Labute approximate surface area is 96.6 Å². The van der Waals surface area contributed by atoms with Crippen molar-refractivity contribution in [2.24, 2.45) is 0 Å². The van der Waals surface area contributed by atoms with Gasteiger partial charge in [0.1, 0.15) is 0 Å². The van der Waals surface area contributed by atoms with Gasteiger partial charge in [0.2, 0.25) is 0 Å². The van der Waals surface area contributed by atoms with E-state index < -0.39 is 18.0 Å². The van der Waals surface area contributed by atoms with E-state index in [9.17, 15) is 13.2 Å². The van der Waals surface area contributed by atoms with E-state index in [4.69, 9.17) is 9.47 Å². The first kappa shape index (κ1) is 12.1. The van der Waals surface area contributed by atoms with E-state index in [-0.39, 0.29) is 0 Å². The average molecular weight is 244 g/mol. The van der Waals surface area contributed by atoms with Crippen LogP contribution in [0.15, 0.2) is 30.3 Å². The van der Waals surface area contributed by atoms with E-state index in [1.807, 2.05) is 0 Å². The minimum atomic E-state index is -4.29. The van der Waals surface area contributed by atoms with Gasteiger partial charge in [-0.2, -0.15) is 13.2 Å². The van der Waals surface area contributed by atoms with Crippen LogP contribution in [0.5, 0.6) is 0 Å². The van der Waals surface area contributed by atoms with Gasteiger partial charge >= 0.3 is 6.18 Å². The van der Waals surface area contributed by atoms with Gasteiger partial charge in [0.05, 0.1) is 18.8 Å². The molecule has 2 nitrogen and oxygen atoms in total. The molecule has 1 aromatic rings. The zero-order chi connectivity index (χ0) is 12.3. The second kappa shape index (κ2) is 4.89. The van der Waals surface area contributed by atoms with Crippen LogP contribution in [0, 0.1) is 0 Å². The summed E-state index contributed by atoms with van der Waals surface area (Å²) in [6, 6.07) is 4.93. The third kappa shape index (κ3) is 3.31. The first-order valence-corrected chi connectivity index (χ1v) is 5.14. The van der Waals surface area contributed by atoms with Gasteiger partial charge in [-0.15, -0.1) is 0 Å². The molecule has 92 valence electrons. The Morgan fingerprint density at radius 3 is 2.18 bits per heavy atom. The summed E-state index contributed by atoms with van der Waals surface area (Å²) in [5.74, 6) is 0. The van der Waals surface area contributed by atoms with Crippen molar-refractivity contribution in [3.05, 3.63) is 41.5 Å². The molecule has 2 rings (SSSR count). The molecule has 5 heteroatoms. The minimum absolute atomic E-state index is 0.391. The summed E-state index contributed by atoms with van der Waals surface area (Å²) in [5, 5.41) is 0. The monoisotopic (exact) mass is 244 g/mol. The third-order valence-corrected chi connectivity index (χ3v) is 2.33. The second-order valence-corrected chi connectivity index (χ2v) is 3.59. The van der Waals surface area contributed by atoms with E-state index >= 15 is 0 Å². The summed E-state index contributed by atoms with van der Waals surface area (Å²) < 4.78 is 47.2. The molecule has 0 unspecified atom stereocenters.